The molecule has 0 N–H and O–H groups in total. The molecule has 0 saturated carbocycles. The molecule has 1 aliphatic rings. The average molecular weight is 536 g/mol. The molecule has 1 saturated heterocycles. The summed E-state index contributed by atoms with van der Waals surface area (Å²) in [5.41, 5.74) is 1.71. The molecular formula is C30H54FN5O2. The lowest BCUT2D eigenvalue weighted by molar-refractivity contribution is 0.115. The Bertz CT molecular complexity index is 860. The molecule has 1 heterocycles. The lowest BCUT2D eigenvalue weighted by Gasteiger charge is -2.19. The summed E-state index contributed by atoms with van der Waals surface area (Å²) in [5, 5.41) is 3.99. The number of aliphatic imine (C=N–C) groups is 3. The average Bonchev–Trinajstić information content (AvgIpc) is 3.13. The quantitative estimate of drug-likeness (QED) is 0.226. The van der Waals surface area contributed by atoms with Gasteiger partial charge < -0.3 is 9.57 Å². The second kappa shape index (κ2) is 22.4. The Morgan fingerprint density at radius 1 is 1.00 bits per heavy atom. The van der Waals surface area contributed by atoms with E-state index < -0.39 is 0 Å². The molecular weight excluding hydrogens is 481 g/mol. The number of ether oxygens (including phenoxy) is 1. The molecule has 1 unspecified atom stereocenters. The number of halogens is 1. The first-order valence-electron chi connectivity index (χ1n) is 13.8. The van der Waals surface area contributed by atoms with E-state index in [1.807, 2.05) is 62.4 Å². The molecule has 2 rings (SSSR count). The SMILES string of the molecule is CC.CC.CN=C(C)CN1CCCC(C(=NC)O/N=C/c2cccc(F)c2)CC1.CN=C(C)OC(C)(C)C. The Morgan fingerprint density at radius 3 is 2.16 bits per heavy atom. The van der Waals surface area contributed by atoms with Crippen LogP contribution in [0.1, 0.15) is 87.1 Å². The van der Waals surface area contributed by atoms with Crippen LogP contribution in [0.25, 0.3) is 0 Å². The van der Waals surface area contributed by atoms with Crippen LogP contribution in [-0.2, 0) is 9.57 Å². The highest BCUT2D eigenvalue weighted by molar-refractivity contribution is 5.84. The number of likely N-dealkylation sites (tertiary alicyclic amines) is 1. The fourth-order valence-electron chi connectivity index (χ4n) is 3.47. The van der Waals surface area contributed by atoms with E-state index in [0.29, 0.717) is 11.5 Å². The summed E-state index contributed by atoms with van der Waals surface area (Å²) < 4.78 is 18.5. The van der Waals surface area contributed by atoms with Crippen molar-refractivity contribution in [3.63, 3.8) is 0 Å². The highest BCUT2D eigenvalue weighted by atomic mass is 19.1. The zero-order valence-corrected chi connectivity index (χ0v) is 26.1. The number of hydrogen-bond donors (Lipinski definition) is 0. The molecule has 8 heteroatoms. The van der Waals surface area contributed by atoms with Crippen molar-refractivity contribution < 1.29 is 14.0 Å². The van der Waals surface area contributed by atoms with Crippen LogP contribution in [0.4, 0.5) is 4.39 Å². The monoisotopic (exact) mass is 535 g/mol. The van der Waals surface area contributed by atoms with Crippen molar-refractivity contribution in [3.8, 4) is 0 Å². The van der Waals surface area contributed by atoms with Crippen LogP contribution in [0, 0.1) is 11.7 Å². The van der Waals surface area contributed by atoms with Crippen LogP contribution in [-0.4, -0.2) is 75.0 Å². The topological polar surface area (TPSA) is 71.1 Å². The van der Waals surface area contributed by atoms with Crippen molar-refractivity contribution in [2.45, 2.75) is 87.2 Å². The number of nitrogens with zero attached hydrogens (tertiary/aromatic N) is 5. The van der Waals surface area contributed by atoms with Gasteiger partial charge in [-0.2, -0.15) is 0 Å². The molecule has 1 aliphatic heterocycles. The predicted molar refractivity (Wildman–Crippen MR) is 164 cm³/mol. The summed E-state index contributed by atoms with van der Waals surface area (Å²) in [6, 6.07) is 6.24. The Kier molecular flexibility index (Phi) is 22.1. The highest BCUT2D eigenvalue weighted by Crippen LogP contribution is 2.20. The molecule has 1 aromatic rings. The van der Waals surface area contributed by atoms with Gasteiger partial charge in [-0.3, -0.25) is 19.9 Å². The van der Waals surface area contributed by atoms with E-state index in [1.54, 1.807) is 26.2 Å². The fraction of sp³-hybridized carbons (Fsp3) is 0.667. The Hall–Kier alpha value is -2.61. The van der Waals surface area contributed by atoms with E-state index in [0.717, 1.165) is 50.5 Å². The third-order valence-electron chi connectivity index (χ3n) is 5.19. The first-order chi connectivity index (χ1) is 18.1. The molecule has 218 valence electrons. The fourth-order valence-corrected chi connectivity index (χ4v) is 3.47. The minimum atomic E-state index is -0.289. The molecule has 0 spiro atoms. The lowest BCUT2D eigenvalue weighted by Crippen LogP contribution is -2.30. The van der Waals surface area contributed by atoms with Gasteiger partial charge in [0.25, 0.3) is 0 Å². The Labute approximate surface area is 232 Å². The second-order valence-electron chi connectivity index (χ2n) is 9.26. The third kappa shape index (κ3) is 18.6. The Morgan fingerprint density at radius 2 is 1.66 bits per heavy atom. The summed E-state index contributed by atoms with van der Waals surface area (Å²) >= 11 is 0. The lowest BCUT2D eigenvalue weighted by atomic mass is 10.0. The predicted octanol–water partition coefficient (Wildman–Crippen LogP) is 7.30. The second-order valence-corrected chi connectivity index (χ2v) is 9.26. The maximum absolute atomic E-state index is 13.2. The summed E-state index contributed by atoms with van der Waals surface area (Å²) in [7, 11) is 5.28. The molecule has 0 aromatic heterocycles. The van der Waals surface area contributed by atoms with E-state index in [2.05, 4.69) is 32.0 Å². The number of rotatable bonds is 5. The molecule has 7 nitrogen and oxygen atoms in total. The van der Waals surface area contributed by atoms with Crippen LogP contribution < -0.4 is 0 Å². The zero-order chi connectivity index (χ0) is 29.6. The van der Waals surface area contributed by atoms with Crippen molar-refractivity contribution in [2.75, 3.05) is 40.8 Å². The van der Waals surface area contributed by atoms with Gasteiger partial charge in [-0.1, -0.05) is 45.0 Å². The maximum atomic E-state index is 13.2. The summed E-state index contributed by atoms with van der Waals surface area (Å²) in [5.74, 6) is 1.36. The normalized spacial score (nSPS) is 17.2. The molecule has 0 amide bonds. The molecule has 0 aliphatic carbocycles. The first kappa shape index (κ1) is 37.5. The van der Waals surface area contributed by atoms with E-state index in [-0.39, 0.29) is 17.3 Å². The molecule has 0 bridgehead atoms. The van der Waals surface area contributed by atoms with Gasteiger partial charge in [0.15, 0.2) is 5.90 Å². The zero-order valence-electron chi connectivity index (χ0n) is 26.1. The summed E-state index contributed by atoms with van der Waals surface area (Å²) in [6.07, 6.45) is 4.62. The first-order valence-corrected chi connectivity index (χ1v) is 13.8. The van der Waals surface area contributed by atoms with Crippen LogP contribution in [0.2, 0.25) is 0 Å². The van der Waals surface area contributed by atoms with E-state index >= 15 is 0 Å². The molecule has 1 atom stereocenters. The summed E-state index contributed by atoms with van der Waals surface area (Å²) in [6.45, 7) is 20.9. The molecule has 1 aromatic carbocycles. The van der Waals surface area contributed by atoms with Gasteiger partial charge in [-0.25, -0.2) is 4.39 Å². The van der Waals surface area contributed by atoms with Crippen molar-refractivity contribution in [1.29, 1.82) is 0 Å². The van der Waals surface area contributed by atoms with Crippen molar-refractivity contribution in [2.24, 2.45) is 26.1 Å². The van der Waals surface area contributed by atoms with Gasteiger partial charge in [-0.15, -0.1) is 0 Å². The molecule has 1 fully saturated rings. The largest absolute Gasteiger partial charge is 0.476 e. The maximum Gasteiger partial charge on any atom is 0.223 e. The molecule has 38 heavy (non-hydrogen) atoms. The van der Waals surface area contributed by atoms with Gasteiger partial charge in [0.1, 0.15) is 11.4 Å². The van der Waals surface area contributed by atoms with Crippen LogP contribution in [0.15, 0.2) is 44.4 Å². The highest BCUT2D eigenvalue weighted by Gasteiger charge is 2.23. The van der Waals surface area contributed by atoms with E-state index in [4.69, 9.17) is 9.57 Å². The van der Waals surface area contributed by atoms with Crippen molar-refractivity contribution >= 4 is 23.7 Å². The third-order valence-corrected chi connectivity index (χ3v) is 5.19. The van der Waals surface area contributed by atoms with Gasteiger partial charge in [0, 0.05) is 46.2 Å². The minimum Gasteiger partial charge on any atom is -0.476 e. The van der Waals surface area contributed by atoms with Crippen molar-refractivity contribution in [1.82, 2.24) is 4.90 Å². The van der Waals surface area contributed by atoms with Gasteiger partial charge in [0.2, 0.25) is 5.90 Å². The van der Waals surface area contributed by atoms with Crippen LogP contribution in [0.3, 0.4) is 0 Å². The van der Waals surface area contributed by atoms with Crippen LogP contribution >= 0.6 is 0 Å². The van der Waals surface area contributed by atoms with Gasteiger partial charge in [-0.05, 0) is 77.7 Å². The summed E-state index contributed by atoms with van der Waals surface area (Å²) in [4.78, 5) is 20.3. The standard InChI is InChI=1S/C19H27FN4O.C7H15NO.2C2H6/c1-15(21-2)14-24-10-5-7-17(9-11-24)19(22-3)25-23-13-16-6-4-8-18(20)12-16;1-6(8-5)9-7(2,3)4;2*1-2/h4,6,8,12-13,17H,5,7,9-11,14H2,1-3H3;1-5H3;2*1-2H3/b21-15?,22-19?,23-13+;;;. The smallest absolute Gasteiger partial charge is 0.223 e. The number of hydrogen-bond acceptors (Lipinski definition) is 7. The van der Waals surface area contributed by atoms with E-state index in [1.165, 1.54) is 18.3 Å². The minimum absolute atomic E-state index is 0.108. The van der Waals surface area contributed by atoms with Gasteiger partial charge in [0.05, 0.1) is 6.21 Å². The molecule has 0 radical (unpaired) electrons. The van der Waals surface area contributed by atoms with Crippen LogP contribution in [0.5, 0.6) is 0 Å². The number of oxime groups is 1. The Balaban J connectivity index is 0. The van der Waals surface area contributed by atoms with Gasteiger partial charge >= 0.3 is 0 Å². The van der Waals surface area contributed by atoms with Crippen molar-refractivity contribution in [3.05, 3.63) is 35.6 Å². The van der Waals surface area contributed by atoms with E-state index in [9.17, 15) is 4.39 Å². The number of benzene rings is 1.